The Balaban J connectivity index is 0.000000741. The summed E-state index contributed by atoms with van der Waals surface area (Å²) in [6.45, 7) is 20.5. The molecule has 2 nitrogen and oxygen atoms in total. The molecular weight excluding hydrogens is 232 g/mol. The highest BCUT2D eigenvalue weighted by Gasteiger charge is 2.36. The highest BCUT2D eigenvalue weighted by atomic mass is 15.1. The van der Waals surface area contributed by atoms with Crippen LogP contribution in [0.1, 0.15) is 67.2 Å². The predicted molar refractivity (Wildman–Crippen MR) is 87.8 cm³/mol. The van der Waals surface area contributed by atoms with Gasteiger partial charge < -0.3 is 9.80 Å². The van der Waals surface area contributed by atoms with E-state index in [1.54, 1.807) is 0 Å². The summed E-state index contributed by atoms with van der Waals surface area (Å²) in [5.74, 6) is 0. The molecule has 116 valence electrons. The van der Waals surface area contributed by atoms with Crippen molar-refractivity contribution in [1.82, 2.24) is 9.80 Å². The molecule has 0 aliphatic carbocycles. The molecule has 2 aliphatic heterocycles. The highest BCUT2D eigenvalue weighted by molar-refractivity contribution is 4.90. The van der Waals surface area contributed by atoms with E-state index in [4.69, 9.17) is 0 Å². The molecule has 2 heterocycles. The summed E-state index contributed by atoms with van der Waals surface area (Å²) in [4.78, 5) is 5.22. The van der Waals surface area contributed by atoms with Crippen molar-refractivity contribution in [2.75, 3.05) is 39.3 Å². The first kappa shape index (κ1) is 18.9. The van der Waals surface area contributed by atoms with Crippen molar-refractivity contribution in [1.29, 1.82) is 0 Å². The fraction of sp³-hybridized carbons (Fsp3) is 1.00. The molecule has 2 fully saturated rings. The van der Waals surface area contributed by atoms with Crippen LogP contribution in [0.25, 0.3) is 0 Å². The van der Waals surface area contributed by atoms with Gasteiger partial charge in [-0.2, -0.15) is 0 Å². The Morgan fingerprint density at radius 3 is 1.11 bits per heavy atom. The second-order valence-electron chi connectivity index (χ2n) is 5.37. The van der Waals surface area contributed by atoms with E-state index in [2.05, 4.69) is 23.6 Å². The van der Waals surface area contributed by atoms with Gasteiger partial charge in [-0.1, -0.05) is 41.5 Å². The fourth-order valence-corrected chi connectivity index (χ4v) is 3.19. The normalized spacial score (nSPS) is 23.1. The lowest BCUT2D eigenvalue weighted by Gasteiger charge is -2.46. The summed E-state index contributed by atoms with van der Waals surface area (Å²) in [6.07, 6.45) is 5.83. The highest BCUT2D eigenvalue weighted by Crippen LogP contribution is 2.40. The van der Waals surface area contributed by atoms with Crippen LogP contribution in [0.2, 0.25) is 0 Å². The Bertz CT molecular complexity index is 162. The van der Waals surface area contributed by atoms with Crippen LogP contribution in [0.4, 0.5) is 0 Å². The number of piperidine rings is 2. The summed E-state index contributed by atoms with van der Waals surface area (Å²) >= 11 is 0. The number of hydrogen-bond donors (Lipinski definition) is 0. The van der Waals surface area contributed by atoms with Crippen molar-refractivity contribution in [3.05, 3.63) is 0 Å². The van der Waals surface area contributed by atoms with Crippen molar-refractivity contribution in [3.8, 4) is 0 Å². The average molecular weight is 271 g/mol. The van der Waals surface area contributed by atoms with Crippen LogP contribution in [0.5, 0.6) is 0 Å². The van der Waals surface area contributed by atoms with Crippen LogP contribution in [0, 0.1) is 5.41 Å². The zero-order valence-corrected chi connectivity index (χ0v) is 14.5. The van der Waals surface area contributed by atoms with Crippen molar-refractivity contribution < 1.29 is 0 Å². The van der Waals surface area contributed by atoms with E-state index in [1.807, 2.05) is 27.7 Å². The van der Waals surface area contributed by atoms with Crippen molar-refractivity contribution in [3.63, 3.8) is 0 Å². The molecule has 0 bridgehead atoms. The van der Waals surface area contributed by atoms with E-state index in [9.17, 15) is 0 Å². The first-order valence-electron chi connectivity index (χ1n) is 8.73. The lowest BCUT2D eigenvalue weighted by atomic mass is 9.71. The summed E-state index contributed by atoms with van der Waals surface area (Å²) in [6, 6.07) is 0. The van der Waals surface area contributed by atoms with Gasteiger partial charge in [0, 0.05) is 0 Å². The molecule has 19 heavy (non-hydrogen) atoms. The summed E-state index contributed by atoms with van der Waals surface area (Å²) in [7, 11) is 0. The maximum Gasteiger partial charge on any atom is -0.00135 e. The Morgan fingerprint density at radius 2 is 0.895 bits per heavy atom. The molecule has 0 N–H and O–H groups in total. The second kappa shape index (κ2) is 10.7. The van der Waals surface area contributed by atoms with E-state index < -0.39 is 0 Å². The molecule has 1 spiro atoms. The number of rotatable bonds is 2. The Hall–Kier alpha value is -0.0800. The minimum Gasteiger partial charge on any atom is -0.304 e. The molecule has 0 aromatic rings. The molecular formula is C17H38N2. The number of likely N-dealkylation sites (tertiary alicyclic amines) is 2. The number of nitrogens with zero attached hydrogens (tertiary/aromatic N) is 2. The maximum absolute atomic E-state index is 2.61. The second-order valence-corrected chi connectivity index (χ2v) is 5.37. The molecule has 0 aromatic heterocycles. The Kier molecular flexibility index (Phi) is 10.6. The van der Waals surface area contributed by atoms with E-state index in [0.717, 1.165) is 5.41 Å². The third-order valence-corrected chi connectivity index (χ3v) is 4.73. The van der Waals surface area contributed by atoms with Gasteiger partial charge in [-0.3, -0.25) is 0 Å². The summed E-state index contributed by atoms with van der Waals surface area (Å²) in [5, 5.41) is 0. The zero-order valence-electron chi connectivity index (χ0n) is 14.5. The van der Waals surface area contributed by atoms with Gasteiger partial charge in [0.2, 0.25) is 0 Å². The largest absolute Gasteiger partial charge is 0.304 e. The van der Waals surface area contributed by atoms with Crippen molar-refractivity contribution >= 4 is 0 Å². The van der Waals surface area contributed by atoms with Gasteiger partial charge in [-0.25, -0.2) is 0 Å². The van der Waals surface area contributed by atoms with E-state index in [-0.39, 0.29) is 0 Å². The molecule has 2 heteroatoms. The van der Waals surface area contributed by atoms with Crippen LogP contribution in [-0.2, 0) is 0 Å². The standard InChI is InChI=1S/C13H26N2.2C2H6/c1-3-14-9-5-13(6-10-14)7-11-15(4-2)12-8-13;2*1-2/h3-12H2,1-2H3;2*1-2H3. The van der Waals surface area contributed by atoms with Gasteiger partial charge in [0.15, 0.2) is 0 Å². The third-order valence-electron chi connectivity index (χ3n) is 4.73. The lowest BCUT2D eigenvalue weighted by Crippen LogP contribution is -2.46. The molecule has 0 aromatic carbocycles. The topological polar surface area (TPSA) is 6.48 Å². The van der Waals surface area contributed by atoms with Gasteiger partial charge in [0.1, 0.15) is 0 Å². The minimum absolute atomic E-state index is 0.733. The maximum atomic E-state index is 2.61. The van der Waals surface area contributed by atoms with Crippen molar-refractivity contribution in [2.24, 2.45) is 5.41 Å². The summed E-state index contributed by atoms with van der Waals surface area (Å²) in [5.41, 5.74) is 0.733. The van der Waals surface area contributed by atoms with Crippen LogP contribution >= 0.6 is 0 Å². The molecule has 0 saturated carbocycles. The van der Waals surface area contributed by atoms with Crippen LogP contribution in [0.15, 0.2) is 0 Å². The van der Waals surface area contributed by atoms with Gasteiger partial charge >= 0.3 is 0 Å². The van der Waals surface area contributed by atoms with E-state index in [1.165, 1.54) is 65.0 Å². The smallest absolute Gasteiger partial charge is 0.00135 e. The van der Waals surface area contributed by atoms with Crippen molar-refractivity contribution in [2.45, 2.75) is 67.2 Å². The van der Waals surface area contributed by atoms with Crippen LogP contribution in [-0.4, -0.2) is 49.1 Å². The molecule has 0 atom stereocenters. The monoisotopic (exact) mass is 270 g/mol. The molecule has 2 rings (SSSR count). The number of hydrogen-bond acceptors (Lipinski definition) is 2. The first-order valence-corrected chi connectivity index (χ1v) is 8.73. The fourth-order valence-electron chi connectivity index (χ4n) is 3.19. The average Bonchev–Trinajstić information content (AvgIpc) is 2.53. The Morgan fingerprint density at radius 1 is 0.632 bits per heavy atom. The molecule has 0 amide bonds. The van der Waals surface area contributed by atoms with Gasteiger partial charge in [-0.15, -0.1) is 0 Å². The first-order chi connectivity index (χ1) is 9.28. The summed E-state index contributed by atoms with van der Waals surface area (Å²) < 4.78 is 0. The van der Waals surface area contributed by atoms with Crippen LogP contribution in [0.3, 0.4) is 0 Å². The predicted octanol–water partition coefficient (Wildman–Crippen LogP) is 4.26. The quantitative estimate of drug-likeness (QED) is 0.740. The van der Waals surface area contributed by atoms with E-state index in [0.29, 0.717) is 0 Å². The molecule has 0 radical (unpaired) electrons. The van der Waals surface area contributed by atoms with E-state index >= 15 is 0 Å². The molecule has 0 unspecified atom stereocenters. The third kappa shape index (κ3) is 5.83. The Labute approximate surface area is 122 Å². The van der Waals surface area contributed by atoms with Gasteiger partial charge in [0.25, 0.3) is 0 Å². The minimum atomic E-state index is 0.733. The van der Waals surface area contributed by atoms with Crippen LogP contribution < -0.4 is 0 Å². The van der Waals surface area contributed by atoms with Gasteiger partial charge in [0.05, 0.1) is 0 Å². The molecule has 2 saturated heterocycles. The SMILES string of the molecule is CC.CC.CCN1CCC2(CC1)CCN(CC)CC2. The lowest BCUT2D eigenvalue weighted by molar-refractivity contribution is 0.0384. The van der Waals surface area contributed by atoms with Gasteiger partial charge in [-0.05, 0) is 70.4 Å². The molecule has 2 aliphatic rings. The zero-order chi connectivity index (χ0) is 14.7.